The zero-order valence-electron chi connectivity index (χ0n) is 10.7. The fourth-order valence-corrected chi connectivity index (χ4v) is 2.57. The highest BCUT2D eigenvalue weighted by Crippen LogP contribution is 2.28. The van der Waals surface area contributed by atoms with Gasteiger partial charge in [-0.3, -0.25) is 0 Å². The number of benzene rings is 1. The van der Waals surface area contributed by atoms with E-state index in [2.05, 4.69) is 23.2 Å². The molecule has 1 aromatic heterocycles. The van der Waals surface area contributed by atoms with E-state index in [1.807, 2.05) is 6.07 Å². The summed E-state index contributed by atoms with van der Waals surface area (Å²) in [5.74, 6) is 0. The lowest BCUT2D eigenvalue weighted by Crippen LogP contribution is -2.20. The summed E-state index contributed by atoms with van der Waals surface area (Å²) in [6, 6.07) is 8.20. The fraction of sp³-hybridized carbons (Fsp3) is 0.267. The second kappa shape index (κ2) is 4.36. The Kier molecular flexibility index (Phi) is 2.68. The first kappa shape index (κ1) is 11.7. The van der Waals surface area contributed by atoms with Gasteiger partial charge in [-0.05, 0) is 36.5 Å². The van der Waals surface area contributed by atoms with Gasteiger partial charge in [-0.2, -0.15) is 10.2 Å². The summed E-state index contributed by atoms with van der Waals surface area (Å²) in [5, 5.41) is 9.18. The van der Waals surface area contributed by atoms with E-state index in [4.69, 9.17) is 0 Å². The Labute approximate surface area is 111 Å². The maximum absolute atomic E-state index is 11.7. The topological polar surface area (TPSA) is 58.7 Å². The quantitative estimate of drug-likeness (QED) is 0.776. The molecule has 1 aromatic carbocycles. The average molecular weight is 251 g/mol. The predicted octanol–water partition coefficient (Wildman–Crippen LogP) is 1.81. The van der Waals surface area contributed by atoms with Crippen LogP contribution in [-0.4, -0.2) is 9.55 Å². The number of aryl methyl sites for hydroxylation is 3. The van der Waals surface area contributed by atoms with Crippen molar-refractivity contribution in [3.05, 3.63) is 51.6 Å². The van der Waals surface area contributed by atoms with Crippen LogP contribution in [0.2, 0.25) is 0 Å². The molecular formula is C15H13N3O. The number of aromatic nitrogens is 2. The molecule has 1 aliphatic carbocycles. The molecule has 94 valence electrons. The summed E-state index contributed by atoms with van der Waals surface area (Å²) >= 11 is 0. The Bertz CT molecular complexity index is 753. The summed E-state index contributed by atoms with van der Waals surface area (Å²) in [6.07, 6.45) is 4.90. The Morgan fingerprint density at radius 2 is 2.11 bits per heavy atom. The lowest BCUT2D eigenvalue weighted by molar-refractivity contribution is 0.809. The summed E-state index contributed by atoms with van der Waals surface area (Å²) in [7, 11) is 1.60. The van der Waals surface area contributed by atoms with Crippen molar-refractivity contribution in [3.8, 4) is 17.3 Å². The highest BCUT2D eigenvalue weighted by atomic mass is 16.1. The molecule has 0 atom stereocenters. The first-order valence-corrected chi connectivity index (χ1v) is 6.29. The molecule has 0 N–H and O–H groups in total. The van der Waals surface area contributed by atoms with Crippen molar-refractivity contribution in [2.75, 3.05) is 0 Å². The number of rotatable bonds is 1. The number of hydrogen-bond acceptors (Lipinski definition) is 3. The maximum Gasteiger partial charge on any atom is 0.347 e. The Morgan fingerprint density at radius 1 is 1.32 bits per heavy atom. The van der Waals surface area contributed by atoms with E-state index in [1.54, 1.807) is 7.05 Å². The first-order valence-electron chi connectivity index (χ1n) is 6.29. The van der Waals surface area contributed by atoms with Gasteiger partial charge in [0.15, 0.2) is 0 Å². The molecule has 0 spiro atoms. The van der Waals surface area contributed by atoms with E-state index < -0.39 is 0 Å². The molecule has 3 rings (SSSR count). The van der Waals surface area contributed by atoms with Gasteiger partial charge >= 0.3 is 5.69 Å². The molecule has 2 aromatic rings. The van der Waals surface area contributed by atoms with Gasteiger partial charge in [0.05, 0.1) is 11.3 Å². The first-order chi connectivity index (χ1) is 9.19. The highest BCUT2D eigenvalue weighted by molar-refractivity contribution is 5.67. The Hall–Kier alpha value is -2.41. The monoisotopic (exact) mass is 251 g/mol. The van der Waals surface area contributed by atoms with Gasteiger partial charge in [0.2, 0.25) is 0 Å². The van der Waals surface area contributed by atoms with Gasteiger partial charge < -0.3 is 4.57 Å². The van der Waals surface area contributed by atoms with Gasteiger partial charge in [-0.1, -0.05) is 12.1 Å². The summed E-state index contributed by atoms with van der Waals surface area (Å²) in [5.41, 5.74) is 4.11. The second-order valence-electron chi connectivity index (χ2n) is 4.85. The molecule has 0 bridgehead atoms. The zero-order valence-corrected chi connectivity index (χ0v) is 10.7. The van der Waals surface area contributed by atoms with Gasteiger partial charge in [-0.25, -0.2) is 4.79 Å². The molecule has 0 saturated carbocycles. The molecule has 1 aliphatic rings. The molecule has 19 heavy (non-hydrogen) atoms. The molecule has 0 amide bonds. The number of nitriles is 1. The largest absolute Gasteiger partial charge is 0.347 e. The van der Waals surface area contributed by atoms with Crippen LogP contribution < -0.4 is 5.69 Å². The smallest absolute Gasteiger partial charge is 0.301 e. The van der Waals surface area contributed by atoms with Crippen LogP contribution in [0.3, 0.4) is 0 Å². The summed E-state index contributed by atoms with van der Waals surface area (Å²) in [6.45, 7) is 0. The van der Waals surface area contributed by atoms with Crippen molar-refractivity contribution in [1.82, 2.24) is 9.55 Å². The molecule has 0 aliphatic heterocycles. The summed E-state index contributed by atoms with van der Waals surface area (Å²) < 4.78 is 1.33. The third-order valence-electron chi connectivity index (χ3n) is 3.58. The van der Waals surface area contributed by atoms with Crippen molar-refractivity contribution in [2.24, 2.45) is 7.05 Å². The predicted molar refractivity (Wildman–Crippen MR) is 71.7 cm³/mol. The maximum atomic E-state index is 11.7. The number of fused-ring (bicyclic) bond motifs is 1. The molecule has 0 fully saturated rings. The normalized spacial score (nSPS) is 13.1. The van der Waals surface area contributed by atoms with Gasteiger partial charge in [0.1, 0.15) is 6.07 Å². The minimum Gasteiger partial charge on any atom is -0.301 e. The Morgan fingerprint density at radius 3 is 2.89 bits per heavy atom. The van der Waals surface area contributed by atoms with Crippen LogP contribution in [0.25, 0.3) is 11.3 Å². The van der Waals surface area contributed by atoms with Crippen LogP contribution in [0.1, 0.15) is 23.1 Å². The van der Waals surface area contributed by atoms with Gasteiger partial charge in [0, 0.05) is 18.8 Å². The molecular weight excluding hydrogens is 238 g/mol. The standard InChI is InChI=1S/C15H13N3O/c1-18-9-13(8-16)14(17-15(18)19)12-6-5-10-3-2-4-11(10)7-12/h5-7,9H,2-4H2,1H3. The average Bonchev–Trinajstić information content (AvgIpc) is 2.88. The molecule has 4 nitrogen and oxygen atoms in total. The van der Waals surface area contributed by atoms with Crippen LogP contribution >= 0.6 is 0 Å². The van der Waals surface area contributed by atoms with E-state index in [9.17, 15) is 10.1 Å². The van der Waals surface area contributed by atoms with E-state index in [-0.39, 0.29) is 5.69 Å². The van der Waals surface area contributed by atoms with Crippen molar-refractivity contribution < 1.29 is 0 Å². The van der Waals surface area contributed by atoms with Gasteiger partial charge in [-0.15, -0.1) is 0 Å². The minimum atomic E-state index is -0.338. The zero-order chi connectivity index (χ0) is 13.4. The molecule has 0 saturated heterocycles. The van der Waals surface area contributed by atoms with E-state index in [0.717, 1.165) is 18.4 Å². The fourth-order valence-electron chi connectivity index (χ4n) is 2.57. The van der Waals surface area contributed by atoms with Gasteiger partial charge in [0.25, 0.3) is 0 Å². The van der Waals surface area contributed by atoms with E-state index >= 15 is 0 Å². The molecule has 1 heterocycles. The minimum absolute atomic E-state index is 0.338. The van der Waals surface area contributed by atoms with E-state index in [0.29, 0.717) is 11.3 Å². The van der Waals surface area contributed by atoms with Crippen LogP contribution in [0, 0.1) is 11.3 Å². The summed E-state index contributed by atoms with van der Waals surface area (Å²) in [4.78, 5) is 15.7. The van der Waals surface area contributed by atoms with Crippen molar-refractivity contribution in [3.63, 3.8) is 0 Å². The lowest BCUT2D eigenvalue weighted by Gasteiger charge is -2.07. The Balaban J connectivity index is 2.20. The van der Waals surface area contributed by atoms with Crippen molar-refractivity contribution in [1.29, 1.82) is 5.26 Å². The molecule has 0 radical (unpaired) electrons. The SMILES string of the molecule is Cn1cc(C#N)c(-c2ccc3c(c2)CCC3)nc1=O. The highest BCUT2D eigenvalue weighted by Gasteiger charge is 2.14. The van der Waals surface area contributed by atoms with Crippen molar-refractivity contribution in [2.45, 2.75) is 19.3 Å². The third-order valence-corrected chi connectivity index (χ3v) is 3.58. The van der Waals surface area contributed by atoms with Crippen LogP contribution in [0.5, 0.6) is 0 Å². The second-order valence-corrected chi connectivity index (χ2v) is 4.85. The van der Waals surface area contributed by atoms with E-state index in [1.165, 1.54) is 28.3 Å². The molecule has 0 unspecified atom stereocenters. The number of hydrogen-bond donors (Lipinski definition) is 0. The lowest BCUT2D eigenvalue weighted by atomic mass is 10.0. The third kappa shape index (κ3) is 1.93. The molecule has 4 heteroatoms. The van der Waals surface area contributed by atoms with Crippen molar-refractivity contribution >= 4 is 0 Å². The number of nitrogens with zero attached hydrogens (tertiary/aromatic N) is 3. The van der Waals surface area contributed by atoms with Crippen LogP contribution in [-0.2, 0) is 19.9 Å². The van der Waals surface area contributed by atoms with Crippen LogP contribution in [0.4, 0.5) is 0 Å². The van der Waals surface area contributed by atoms with Crippen LogP contribution in [0.15, 0.2) is 29.2 Å².